The number of amides is 2. The summed E-state index contributed by atoms with van der Waals surface area (Å²) in [6.07, 6.45) is 1.66. The van der Waals surface area contributed by atoms with Crippen molar-refractivity contribution in [3.8, 4) is 5.75 Å². The van der Waals surface area contributed by atoms with Crippen molar-refractivity contribution < 1.29 is 23.1 Å². The monoisotopic (exact) mass is 312 g/mol. The van der Waals surface area contributed by atoms with E-state index in [0.29, 0.717) is 32.4 Å². The van der Waals surface area contributed by atoms with Gasteiger partial charge in [-0.2, -0.15) is 8.78 Å². The van der Waals surface area contributed by atoms with Crippen molar-refractivity contribution in [3.05, 3.63) is 29.8 Å². The predicted molar refractivity (Wildman–Crippen MR) is 75.5 cm³/mol. The minimum atomic E-state index is -2.98. The minimum Gasteiger partial charge on any atom is -0.434 e. The molecule has 2 amide bonds. The predicted octanol–water partition coefficient (Wildman–Crippen LogP) is 2.02. The summed E-state index contributed by atoms with van der Waals surface area (Å²) in [7, 11) is 0. The molecule has 0 aromatic heterocycles. The fourth-order valence-electron chi connectivity index (χ4n) is 2.64. The van der Waals surface area contributed by atoms with E-state index in [0.717, 1.165) is 0 Å². The van der Waals surface area contributed by atoms with Gasteiger partial charge in [0.05, 0.1) is 5.56 Å². The average Bonchev–Trinajstić information content (AvgIpc) is 2.47. The zero-order valence-electron chi connectivity index (χ0n) is 12.0. The molecule has 1 aromatic carbocycles. The Morgan fingerprint density at radius 3 is 2.50 bits per heavy atom. The molecule has 0 saturated carbocycles. The molecule has 120 valence electrons. The molecule has 1 aliphatic heterocycles. The molecule has 0 aliphatic carbocycles. The topological polar surface area (TPSA) is 72.6 Å². The van der Waals surface area contributed by atoms with Crippen LogP contribution in [0.1, 0.15) is 29.6 Å². The summed E-state index contributed by atoms with van der Waals surface area (Å²) in [6, 6.07) is 5.95. The molecule has 0 unspecified atom stereocenters. The van der Waals surface area contributed by atoms with Gasteiger partial charge >= 0.3 is 6.61 Å². The standard InChI is InChI=1S/C15H18F2N2O3/c16-15(17)22-12-4-2-1-3-11(12)14(21)19-7-5-10(6-8-19)9-13(18)20/h1-4,10,15H,5-9H2,(H2,18,20). The maximum atomic E-state index is 12.4. The second kappa shape index (κ2) is 7.20. The first-order valence-electron chi connectivity index (χ1n) is 7.08. The Labute approximate surface area is 127 Å². The van der Waals surface area contributed by atoms with E-state index in [-0.39, 0.29) is 29.0 Å². The van der Waals surface area contributed by atoms with Crippen LogP contribution < -0.4 is 10.5 Å². The van der Waals surface area contributed by atoms with E-state index in [2.05, 4.69) is 4.74 Å². The van der Waals surface area contributed by atoms with Gasteiger partial charge in [0, 0.05) is 19.5 Å². The van der Waals surface area contributed by atoms with Crippen LogP contribution in [0, 0.1) is 5.92 Å². The van der Waals surface area contributed by atoms with Crippen molar-refractivity contribution in [1.29, 1.82) is 0 Å². The lowest BCUT2D eigenvalue weighted by Gasteiger charge is -2.31. The highest BCUT2D eigenvalue weighted by Gasteiger charge is 2.26. The Morgan fingerprint density at radius 2 is 1.91 bits per heavy atom. The lowest BCUT2D eigenvalue weighted by molar-refractivity contribution is -0.119. The molecule has 1 fully saturated rings. The van der Waals surface area contributed by atoms with Crippen LogP contribution in [0.5, 0.6) is 5.75 Å². The van der Waals surface area contributed by atoms with E-state index >= 15 is 0 Å². The van der Waals surface area contributed by atoms with Crippen LogP contribution in [0.25, 0.3) is 0 Å². The SMILES string of the molecule is NC(=O)CC1CCN(C(=O)c2ccccc2OC(F)F)CC1. The van der Waals surface area contributed by atoms with Gasteiger partial charge in [0.2, 0.25) is 5.91 Å². The molecule has 7 heteroatoms. The van der Waals surface area contributed by atoms with Crippen LogP contribution in [-0.2, 0) is 4.79 Å². The molecule has 0 radical (unpaired) electrons. The minimum absolute atomic E-state index is 0.121. The number of hydrogen-bond donors (Lipinski definition) is 1. The second-order valence-corrected chi connectivity index (χ2v) is 5.28. The highest BCUT2D eigenvalue weighted by atomic mass is 19.3. The smallest absolute Gasteiger partial charge is 0.387 e. The Balaban J connectivity index is 2.02. The van der Waals surface area contributed by atoms with Gasteiger partial charge in [0.1, 0.15) is 5.75 Å². The van der Waals surface area contributed by atoms with Gasteiger partial charge in [-0.3, -0.25) is 9.59 Å². The van der Waals surface area contributed by atoms with Gasteiger partial charge in [-0.05, 0) is 30.9 Å². The van der Waals surface area contributed by atoms with Crippen LogP contribution in [0.15, 0.2) is 24.3 Å². The molecular formula is C15H18F2N2O3. The number of nitrogens with two attached hydrogens (primary N) is 1. The number of halogens is 2. The average molecular weight is 312 g/mol. The van der Waals surface area contributed by atoms with Crippen LogP contribution in [0.4, 0.5) is 8.78 Å². The fraction of sp³-hybridized carbons (Fsp3) is 0.467. The van der Waals surface area contributed by atoms with E-state index in [1.807, 2.05) is 0 Å². The number of carbonyl (C=O) groups excluding carboxylic acids is 2. The third-order valence-electron chi connectivity index (χ3n) is 3.73. The number of carbonyl (C=O) groups is 2. The van der Waals surface area contributed by atoms with Crippen LogP contribution in [0.3, 0.4) is 0 Å². The van der Waals surface area contributed by atoms with E-state index in [1.54, 1.807) is 11.0 Å². The van der Waals surface area contributed by atoms with E-state index in [9.17, 15) is 18.4 Å². The van der Waals surface area contributed by atoms with Gasteiger partial charge in [-0.15, -0.1) is 0 Å². The summed E-state index contributed by atoms with van der Waals surface area (Å²) in [4.78, 5) is 24.9. The second-order valence-electron chi connectivity index (χ2n) is 5.28. The van der Waals surface area contributed by atoms with Crippen molar-refractivity contribution in [2.75, 3.05) is 13.1 Å². The van der Waals surface area contributed by atoms with Crippen LogP contribution in [-0.4, -0.2) is 36.4 Å². The molecule has 22 heavy (non-hydrogen) atoms. The van der Waals surface area contributed by atoms with Crippen LogP contribution in [0.2, 0.25) is 0 Å². The van der Waals surface area contributed by atoms with Gasteiger partial charge in [-0.1, -0.05) is 12.1 Å². The number of ether oxygens (including phenoxy) is 1. The molecule has 2 N–H and O–H groups in total. The first kappa shape index (κ1) is 16.2. The number of rotatable bonds is 5. The highest BCUT2D eigenvalue weighted by Crippen LogP contribution is 2.25. The highest BCUT2D eigenvalue weighted by molar-refractivity contribution is 5.97. The van der Waals surface area contributed by atoms with Gasteiger partial charge in [0.25, 0.3) is 5.91 Å². The molecule has 1 aromatic rings. The normalized spacial score (nSPS) is 15.9. The lowest BCUT2D eigenvalue weighted by atomic mass is 9.93. The molecule has 1 aliphatic rings. The number of hydrogen-bond acceptors (Lipinski definition) is 3. The third-order valence-corrected chi connectivity index (χ3v) is 3.73. The Bertz CT molecular complexity index is 543. The summed E-state index contributed by atoms with van der Waals surface area (Å²) < 4.78 is 29.2. The fourth-order valence-corrected chi connectivity index (χ4v) is 2.64. The van der Waals surface area contributed by atoms with Gasteiger partial charge < -0.3 is 15.4 Å². The van der Waals surface area contributed by atoms with E-state index < -0.39 is 6.61 Å². The molecule has 1 heterocycles. The molecule has 0 bridgehead atoms. The molecule has 5 nitrogen and oxygen atoms in total. The van der Waals surface area contributed by atoms with Gasteiger partial charge in [-0.25, -0.2) is 0 Å². The number of benzene rings is 1. The van der Waals surface area contributed by atoms with Crippen molar-refractivity contribution in [2.45, 2.75) is 25.9 Å². The number of para-hydroxylation sites is 1. The van der Waals surface area contributed by atoms with Gasteiger partial charge in [0.15, 0.2) is 0 Å². The van der Waals surface area contributed by atoms with Crippen molar-refractivity contribution >= 4 is 11.8 Å². The van der Waals surface area contributed by atoms with E-state index in [4.69, 9.17) is 5.73 Å². The van der Waals surface area contributed by atoms with E-state index in [1.165, 1.54) is 18.2 Å². The maximum Gasteiger partial charge on any atom is 0.387 e. The van der Waals surface area contributed by atoms with Crippen molar-refractivity contribution in [2.24, 2.45) is 11.7 Å². The quantitative estimate of drug-likeness (QED) is 0.904. The third kappa shape index (κ3) is 4.16. The summed E-state index contributed by atoms with van der Waals surface area (Å²) in [5.41, 5.74) is 5.29. The Morgan fingerprint density at radius 1 is 1.27 bits per heavy atom. The van der Waals surface area contributed by atoms with Crippen molar-refractivity contribution in [3.63, 3.8) is 0 Å². The zero-order valence-corrected chi connectivity index (χ0v) is 12.0. The Kier molecular flexibility index (Phi) is 5.30. The number of nitrogens with zero attached hydrogens (tertiary/aromatic N) is 1. The summed E-state index contributed by atoms with van der Waals surface area (Å²) >= 11 is 0. The first-order valence-corrected chi connectivity index (χ1v) is 7.08. The lowest BCUT2D eigenvalue weighted by Crippen LogP contribution is -2.39. The largest absolute Gasteiger partial charge is 0.434 e. The number of likely N-dealkylation sites (tertiary alicyclic amines) is 1. The number of primary amides is 1. The molecule has 0 atom stereocenters. The number of alkyl halides is 2. The zero-order chi connectivity index (χ0) is 16.1. The summed E-state index contributed by atoms with van der Waals surface area (Å²) in [5, 5.41) is 0. The first-order chi connectivity index (χ1) is 10.5. The molecular weight excluding hydrogens is 294 g/mol. The summed E-state index contributed by atoms with van der Waals surface area (Å²) in [5.74, 6) is -0.634. The summed E-state index contributed by atoms with van der Waals surface area (Å²) in [6.45, 7) is -2.03. The Hall–Kier alpha value is -2.18. The maximum absolute atomic E-state index is 12.4. The molecule has 1 saturated heterocycles. The molecule has 2 rings (SSSR count). The molecule has 0 spiro atoms. The van der Waals surface area contributed by atoms with Crippen molar-refractivity contribution in [1.82, 2.24) is 4.90 Å². The number of piperidine rings is 1. The van der Waals surface area contributed by atoms with Crippen LogP contribution >= 0.6 is 0 Å².